The minimum Gasteiger partial charge on any atom is -0.217 e. The van der Waals surface area contributed by atoms with Crippen molar-refractivity contribution in [3.63, 3.8) is 0 Å². The van der Waals surface area contributed by atoms with Gasteiger partial charge in [-0.15, -0.1) is 11.3 Å². The molecule has 0 N–H and O–H groups in total. The molecule has 3 heterocycles. The van der Waals surface area contributed by atoms with Gasteiger partial charge in [-0.05, 0) is 23.9 Å². The van der Waals surface area contributed by atoms with Gasteiger partial charge in [-0.25, -0.2) is 9.50 Å². The minimum absolute atomic E-state index is 0.965. The Morgan fingerprint density at radius 3 is 2.89 bits per heavy atom. The van der Waals surface area contributed by atoms with Gasteiger partial charge in [0, 0.05) is 4.70 Å². The van der Waals surface area contributed by atoms with Gasteiger partial charge >= 0.3 is 0 Å². The fraction of sp³-hybridized carbons (Fsp3) is 0.143. The summed E-state index contributed by atoms with van der Waals surface area (Å²) in [7, 11) is 0. The predicted octanol–water partition coefficient (Wildman–Crippen LogP) is 4.23. The van der Waals surface area contributed by atoms with Crippen LogP contribution in [0.4, 0.5) is 0 Å². The van der Waals surface area contributed by atoms with Crippen LogP contribution in [-0.4, -0.2) is 14.6 Å². The lowest BCUT2D eigenvalue weighted by molar-refractivity contribution is 0.911. The Morgan fingerprint density at radius 2 is 2.11 bits per heavy atom. The first kappa shape index (κ1) is 11.1. The van der Waals surface area contributed by atoms with Crippen LogP contribution in [0.3, 0.4) is 0 Å². The Bertz CT molecular complexity index is 805. The highest BCUT2D eigenvalue weighted by Gasteiger charge is 2.11. The molecule has 0 saturated heterocycles. The number of aromatic nitrogens is 3. The van der Waals surface area contributed by atoms with Crippen LogP contribution in [0.1, 0.15) is 11.9 Å². The highest BCUT2D eigenvalue weighted by molar-refractivity contribution is 7.22. The zero-order valence-electron chi connectivity index (χ0n) is 10.3. The highest BCUT2D eigenvalue weighted by atomic mass is 32.1. The van der Waals surface area contributed by atoms with E-state index in [1.54, 1.807) is 22.7 Å². The SMILES string of the molecule is CCc1nn2cc(-c3cc4ccccc4s3)nc2s1. The number of imidazole rings is 1. The van der Waals surface area contributed by atoms with Crippen molar-refractivity contribution in [1.29, 1.82) is 0 Å². The molecule has 4 rings (SSSR count). The molecule has 19 heavy (non-hydrogen) atoms. The lowest BCUT2D eigenvalue weighted by atomic mass is 10.2. The Morgan fingerprint density at radius 1 is 1.21 bits per heavy atom. The summed E-state index contributed by atoms with van der Waals surface area (Å²) in [5.41, 5.74) is 1.02. The van der Waals surface area contributed by atoms with Crippen LogP contribution >= 0.6 is 22.7 Å². The quantitative estimate of drug-likeness (QED) is 0.551. The molecule has 0 atom stereocenters. The van der Waals surface area contributed by atoms with Crippen LogP contribution in [0.5, 0.6) is 0 Å². The van der Waals surface area contributed by atoms with E-state index >= 15 is 0 Å². The Balaban J connectivity index is 1.86. The maximum Gasteiger partial charge on any atom is 0.212 e. The average molecular weight is 285 g/mol. The number of thiophene rings is 1. The standard InChI is InChI=1S/C14H11N3S2/c1-2-13-16-17-8-10(15-14(17)19-13)12-7-9-5-3-4-6-11(9)18-12/h3-8H,2H2,1H3. The molecule has 0 aliphatic heterocycles. The predicted molar refractivity (Wildman–Crippen MR) is 81.1 cm³/mol. The van der Waals surface area contributed by atoms with Crippen molar-refractivity contribution in [2.75, 3.05) is 0 Å². The Hall–Kier alpha value is -1.72. The first-order valence-electron chi connectivity index (χ1n) is 6.17. The summed E-state index contributed by atoms with van der Waals surface area (Å²) in [5, 5.41) is 6.92. The van der Waals surface area contributed by atoms with E-state index in [1.165, 1.54) is 15.0 Å². The van der Waals surface area contributed by atoms with E-state index in [0.29, 0.717) is 0 Å². The average Bonchev–Trinajstić information content (AvgIpc) is 3.09. The molecule has 5 heteroatoms. The topological polar surface area (TPSA) is 30.2 Å². The van der Waals surface area contributed by atoms with Crippen molar-refractivity contribution in [1.82, 2.24) is 14.6 Å². The summed E-state index contributed by atoms with van der Waals surface area (Å²) in [4.78, 5) is 6.86. The van der Waals surface area contributed by atoms with Crippen LogP contribution in [0.25, 0.3) is 25.6 Å². The van der Waals surface area contributed by atoms with Gasteiger partial charge in [0.05, 0.1) is 11.1 Å². The molecule has 0 aliphatic carbocycles. The number of rotatable bonds is 2. The number of nitrogens with zero attached hydrogens (tertiary/aromatic N) is 3. The summed E-state index contributed by atoms with van der Waals surface area (Å²) in [6.07, 6.45) is 2.99. The van der Waals surface area contributed by atoms with E-state index in [1.807, 2.05) is 10.7 Å². The maximum absolute atomic E-state index is 4.68. The smallest absolute Gasteiger partial charge is 0.212 e. The van der Waals surface area contributed by atoms with Crippen LogP contribution in [-0.2, 0) is 6.42 Å². The van der Waals surface area contributed by atoms with Crippen LogP contribution in [0.2, 0.25) is 0 Å². The third-order valence-corrected chi connectivity index (χ3v) is 5.27. The molecule has 0 aliphatic rings. The van der Waals surface area contributed by atoms with Gasteiger partial charge in [-0.3, -0.25) is 0 Å². The van der Waals surface area contributed by atoms with Crippen molar-refractivity contribution in [2.45, 2.75) is 13.3 Å². The van der Waals surface area contributed by atoms with Crippen LogP contribution in [0.15, 0.2) is 36.5 Å². The van der Waals surface area contributed by atoms with E-state index in [9.17, 15) is 0 Å². The second kappa shape index (κ2) is 4.15. The molecular formula is C14H11N3S2. The maximum atomic E-state index is 4.68. The zero-order chi connectivity index (χ0) is 12.8. The third kappa shape index (κ3) is 1.77. The van der Waals surface area contributed by atoms with Gasteiger partial charge in [-0.1, -0.05) is 36.5 Å². The number of benzene rings is 1. The second-order valence-electron chi connectivity index (χ2n) is 4.35. The van der Waals surface area contributed by atoms with Crippen molar-refractivity contribution < 1.29 is 0 Å². The van der Waals surface area contributed by atoms with E-state index < -0.39 is 0 Å². The second-order valence-corrected chi connectivity index (χ2v) is 6.48. The molecule has 0 saturated carbocycles. The molecule has 1 aromatic carbocycles. The fourth-order valence-electron chi connectivity index (χ4n) is 2.11. The molecule has 0 fully saturated rings. The molecule has 0 bridgehead atoms. The first-order valence-corrected chi connectivity index (χ1v) is 7.81. The summed E-state index contributed by atoms with van der Waals surface area (Å²) < 4.78 is 3.19. The normalized spacial score (nSPS) is 11.6. The van der Waals surface area contributed by atoms with Gasteiger partial charge in [0.25, 0.3) is 0 Å². The monoisotopic (exact) mass is 285 g/mol. The Kier molecular flexibility index (Phi) is 2.43. The van der Waals surface area contributed by atoms with E-state index in [2.05, 4.69) is 47.3 Å². The fourth-order valence-corrected chi connectivity index (χ4v) is 3.94. The minimum atomic E-state index is 0.965. The number of hydrogen-bond donors (Lipinski definition) is 0. The largest absolute Gasteiger partial charge is 0.217 e. The van der Waals surface area contributed by atoms with Crippen molar-refractivity contribution >= 4 is 37.7 Å². The molecule has 0 amide bonds. The molecule has 0 radical (unpaired) electrons. The van der Waals surface area contributed by atoms with Crippen molar-refractivity contribution in [3.05, 3.63) is 41.5 Å². The molecule has 0 spiro atoms. The number of aryl methyl sites for hydroxylation is 1. The molecule has 4 aromatic rings. The summed E-state index contributed by atoms with van der Waals surface area (Å²) in [6, 6.07) is 10.6. The first-order chi connectivity index (χ1) is 9.33. The van der Waals surface area contributed by atoms with E-state index in [0.717, 1.165) is 22.1 Å². The van der Waals surface area contributed by atoms with E-state index in [-0.39, 0.29) is 0 Å². The number of hydrogen-bond acceptors (Lipinski definition) is 4. The van der Waals surface area contributed by atoms with Gasteiger partial charge in [0.2, 0.25) is 4.96 Å². The summed E-state index contributed by atoms with van der Waals surface area (Å²) in [5.74, 6) is 0. The molecular weight excluding hydrogens is 274 g/mol. The zero-order valence-corrected chi connectivity index (χ0v) is 12.0. The van der Waals surface area contributed by atoms with Gasteiger partial charge in [0.1, 0.15) is 10.7 Å². The molecule has 0 unspecified atom stereocenters. The van der Waals surface area contributed by atoms with Crippen LogP contribution < -0.4 is 0 Å². The van der Waals surface area contributed by atoms with Gasteiger partial charge in [-0.2, -0.15) is 5.10 Å². The lowest BCUT2D eigenvalue weighted by Gasteiger charge is -1.86. The summed E-state index contributed by atoms with van der Waals surface area (Å²) >= 11 is 3.45. The molecule has 3 aromatic heterocycles. The van der Waals surface area contributed by atoms with Gasteiger partial charge < -0.3 is 0 Å². The van der Waals surface area contributed by atoms with Crippen molar-refractivity contribution in [3.8, 4) is 10.6 Å². The van der Waals surface area contributed by atoms with Crippen LogP contribution in [0, 0.1) is 0 Å². The summed E-state index contributed by atoms with van der Waals surface area (Å²) in [6.45, 7) is 2.12. The Labute approximate surface area is 118 Å². The lowest BCUT2D eigenvalue weighted by Crippen LogP contribution is -1.82. The molecule has 94 valence electrons. The van der Waals surface area contributed by atoms with Gasteiger partial charge in [0.15, 0.2) is 0 Å². The number of fused-ring (bicyclic) bond motifs is 2. The van der Waals surface area contributed by atoms with Crippen molar-refractivity contribution in [2.24, 2.45) is 0 Å². The molecule has 3 nitrogen and oxygen atoms in total. The van der Waals surface area contributed by atoms with E-state index in [4.69, 9.17) is 0 Å². The third-order valence-electron chi connectivity index (χ3n) is 3.07. The highest BCUT2D eigenvalue weighted by Crippen LogP contribution is 2.33.